The van der Waals surface area contributed by atoms with Crippen LogP contribution >= 0.6 is 11.6 Å². The van der Waals surface area contributed by atoms with Gasteiger partial charge in [0.25, 0.3) is 5.91 Å². The molecular formula is C29H35ClF3N3O5. The van der Waals surface area contributed by atoms with Crippen LogP contribution in [0.2, 0.25) is 5.02 Å². The number of benzene rings is 1. The summed E-state index contributed by atoms with van der Waals surface area (Å²) in [6.45, 7) is 1.87. The van der Waals surface area contributed by atoms with Crippen LogP contribution in [0.25, 0.3) is 0 Å². The van der Waals surface area contributed by atoms with Crippen LogP contribution in [-0.2, 0) is 14.3 Å². The van der Waals surface area contributed by atoms with Gasteiger partial charge in [-0.3, -0.25) is 14.6 Å². The summed E-state index contributed by atoms with van der Waals surface area (Å²) in [6.07, 6.45) is 4.58. The molecule has 41 heavy (non-hydrogen) atoms. The van der Waals surface area contributed by atoms with Gasteiger partial charge in [0.15, 0.2) is 0 Å². The summed E-state index contributed by atoms with van der Waals surface area (Å²) < 4.78 is 46.4. The van der Waals surface area contributed by atoms with Crippen molar-refractivity contribution in [3.05, 3.63) is 53.3 Å². The molecular weight excluding hydrogens is 563 g/mol. The van der Waals surface area contributed by atoms with Gasteiger partial charge in [-0.05, 0) is 61.9 Å². The number of amides is 1. The highest BCUT2D eigenvalue weighted by atomic mass is 35.5. The maximum Gasteiger partial charge on any atom is 0.491 e. The van der Waals surface area contributed by atoms with Crippen molar-refractivity contribution in [1.82, 2.24) is 9.88 Å². The molecule has 1 aliphatic rings. The molecule has 1 amide bonds. The number of hydrogen-bond acceptors (Lipinski definition) is 7. The highest BCUT2D eigenvalue weighted by molar-refractivity contribution is 6.31. The Morgan fingerprint density at radius 2 is 1.76 bits per heavy atom. The Balaban J connectivity index is 1.54. The second-order valence-corrected chi connectivity index (χ2v) is 10.4. The zero-order valence-corrected chi connectivity index (χ0v) is 23.5. The van der Waals surface area contributed by atoms with E-state index in [2.05, 4.69) is 15.0 Å². The molecule has 1 saturated carbocycles. The lowest BCUT2D eigenvalue weighted by Gasteiger charge is -2.30. The first-order chi connectivity index (χ1) is 19.6. The smallest absolute Gasteiger partial charge is 0.491 e. The minimum absolute atomic E-state index is 0.187. The SMILES string of the molecule is O=C(CCCCCN(CC1CCCCC1)C(=O)c1cc(Cl)cc(OCCNc2ccncc2)c1)OC(=O)C(F)(F)F. The van der Waals surface area contributed by atoms with E-state index in [-0.39, 0.29) is 18.7 Å². The molecule has 2 aromatic rings. The summed E-state index contributed by atoms with van der Waals surface area (Å²) in [5.41, 5.74) is 1.32. The fourth-order valence-electron chi connectivity index (χ4n) is 4.70. The zero-order valence-electron chi connectivity index (χ0n) is 22.8. The maximum absolute atomic E-state index is 13.6. The number of nitrogens with one attached hydrogen (secondary N) is 1. The van der Waals surface area contributed by atoms with Gasteiger partial charge in [0.05, 0.1) is 0 Å². The number of carbonyl (C=O) groups is 3. The van der Waals surface area contributed by atoms with Gasteiger partial charge in [0, 0.05) is 54.7 Å². The molecule has 0 atom stereocenters. The number of unbranched alkanes of at least 4 members (excludes halogenated alkanes) is 2. The van der Waals surface area contributed by atoms with Gasteiger partial charge in [-0.1, -0.05) is 37.3 Å². The Morgan fingerprint density at radius 3 is 2.46 bits per heavy atom. The molecule has 224 valence electrons. The molecule has 1 aromatic carbocycles. The number of esters is 2. The molecule has 0 bridgehead atoms. The third-order valence-electron chi connectivity index (χ3n) is 6.74. The van der Waals surface area contributed by atoms with E-state index >= 15 is 0 Å². The Hall–Kier alpha value is -3.34. The minimum Gasteiger partial charge on any atom is -0.492 e. The van der Waals surface area contributed by atoms with E-state index in [1.165, 1.54) is 6.42 Å². The molecule has 0 spiro atoms. The molecule has 0 radical (unpaired) electrons. The second kappa shape index (κ2) is 16.2. The normalized spacial score (nSPS) is 13.9. The summed E-state index contributed by atoms with van der Waals surface area (Å²) in [6, 6.07) is 8.61. The predicted octanol–water partition coefficient (Wildman–Crippen LogP) is 6.44. The first-order valence-corrected chi connectivity index (χ1v) is 14.2. The number of halogens is 4. The van der Waals surface area contributed by atoms with Crippen LogP contribution in [0.15, 0.2) is 42.7 Å². The van der Waals surface area contributed by atoms with E-state index in [0.29, 0.717) is 61.3 Å². The molecule has 3 rings (SSSR count). The van der Waals surface area contributed by atoms with Gasteiger partial charge in [-0.25, -0.2) is 4.79 Å². The van der Waals surface area contributed by atoms with Crippen molar-refractivity contribution in [2.75, 3.05) is 31.6 Å². The van der Waals surface area contributed by atoms with Gasteiger partial charge < -0.3 is 19.7 Å². The van der Waals surface area contributed by atoms with E-state index in [0.717, 1.165) is 31.4 Å². The predicted molar refractivity (Wildman–Crippen MR) is 148 cm³/mol. The average Bonchev–Trinajstić information content (AvgIpc) is 2.94. The number of alkyl halides is 3. The lowest BCUT2D eigenvalue weighted by Crippen LogP contribution is -2.37. The van der Waals surface area contributed by atoms with Crippen LogP contribution in [0.3, 0.4) is 0 Å². The van der Waals surface area contributed by atoms with Gasteiger partial charge in [-0.15, -0.1) is 0 Å². The summed E-state index contributed by atoms with van der Waals surface area (Å²) in [4.78, 5) is 41.7. The summed E-state index contributed by atoms with van der Waals surface area (Å²) in [5.74, 6) is -3.06. The number of anilines is 1. The lowest BCUT2D eigenvalue weighted by atomic mass is 9.88. The van der Waals surface area contributed by atoms with Crippen molar-refractivity contribution in [3.63, 3.8) is 0 Å². The van der Waals surface area contributed by atoms with Crippen molar-refractivity contribution in [2.45, 2.75) is 64.0 Å². The topological polar surface area (TPSA) is 97.8 Å². The molecule has 1 N–H and O–H groups in total. The average molecular weight is 598 g/mol. The Morgan fingerprint density at radius 1 is 1.02 bits per heavy atom. The van der Waals surface area contributed by atoms with Gasteiger partial charge in [0.1, 0.15) is 12.4 Å². The van der Waals surface area contributed by atoms with Crippen LogP contribution in [0.5, 0.6) is 5.75 Å². The van der Waals surface area contributed by atoms with Crippen LogP contribution in [0.4, 0.5) is 18.9 Å². The van der Waals surface area contributed by atoms with Crippen molar-refractivity contribution in [3.8, 4) is 5.75 Å². The number of hydrogen-bond donors (Lipinski definition) is 1. The zero-order chi connectivity index (χ0) is 29.7. The highest BCUT2D eigenvalue weighted by Gasteiger charge is 2.42. The Bertz CT molecular complexity index is 1140. The molecule has 0 saturated heterocycles. The lowest BCUT2D eigenvalue weighted by molar-refractivity contribution is -0.201. The van der Waals surface area contributed by atoms with Gasteiger partial charge >= 0.3 is 18.1 Å². The van der Waals surface area contributed by atoms with Crippen molar-refractivity contribution in [2.24, 2.45) is 5.92 Å². The van der Waals surface area contributed by atoms with Crippen molar-refractivity contribution in [1.29, 1.82) is 0 Å². The first-order valence-electron chi connectivity index (χ1n) is 13.8. The third kappa shape index (κ3) is 11.6. The fraction of sp³-hybridized carbons (Fsp3) is 0.517. The molecule has 0 unspecified atom stereocenters. The van der Waals surface area contributed by atoms with Crippen LogP contribution in [-0.4, -0.2) is 60.1 Å². The second-order valence-electron chi connectivity index (χ2n) is 10.0. The number of pyridine rings is 1. The standard InChI is InChI=1S/C29H35ClF3N3O5/c30-23-17-22(18-25(19-23)40-16-14-35-24-10-12-34-13-11-24)27(38)36(20-21-7-3-1-4-8-21)15-6-2-5-9-26(37)41-28(39)29(31,32)33/h10-13,17-19,21H,1-9,14-16,20H2,(H,34,35). The van der Waals surface area contributed by atoms with E-state index in [9.17, 15) is 27.6 Å². The quantitative estimate of drug-likeness (QED) is 0.152. The molecule has 1 aliphatic carbocycles. The number of aromatic nitrogens is 1. The fourth-order valence-corrected chi connectivity index (χ4v) is 4.93. The van der Waals surface area contributed by atoms with E-state index in [1.54, 1.807) is 35.5 Å². The number of rotatable bonds is 14. The Kier molecular flexibility index (Phi) is 12.7. The first kappa shape index (κ1) is 32.2. The van der Waals surface area contributed by atoms with Gasteiger partial charge in [-0.2, -0.15) is 13.2 Å². The number of nitrogens with zero attached hydrogens (tertiary/aromatic N) is 2. The minimum atomic E-state index is -5.21. The molecule has 1 heterocycles. The van der Waals surface area contributed by atoms with Crippen LogP contribution in [0, 0.1) is 5.92 Å². The summed E-state index contributed by atoms with van der Waals surface area (Å²) in [7, 11) is 0. The van der Waals surface area contributed by atoms with Crippen LogP contribution < -0.4 is 10.1 Å². The van der Waals surface area contributed by atoms with Crippen molar-refractivity contribution < 1.29 is 37.0 Å². The molecule has 8 nitrogen and oxygen atoms in total. The van der Waals surface area contributed by atoms with Crippen LogP contribution in [0.1, 0.15) is 68.1 Å². The molecule has 1 fully saturated rings. The monoisotopic (exact) mass is 597 g/mol. The van der Waals surface area contributed by atoms with E-state index in [4.69, 9.17) is 16.3 Å². The highest BCUT2D eigenvalue weighted by Crippen LogP contribution is 2.27. The maximum atomic E-state index is 13.6. The van der Waals surface area contributed by atoms with Gasteiger partial charge in [0.2, 0.25) is 0 Å². The van der Waals surface area contributed by atoms with E-state index < -0.39 is 18.1 Å². The Labute approximate surface area is 242 Å². The van der Waals surface area contributed by atoms with E-state index in [1.807, 2.05) is 12.1 Å². The largest absolute Gasteiger partial charge is 0.492 e. The molecule has 12 heteroatoms. The third-order valence-corrected chi connectivity index (χ3v) is 6.95. The molecule has 1 aromatic heterocycles. The summed E-state index contributed by atoms with van der Waals surface area (Å²) >= 11 is 6.33. The number of ether oxygens (including phenoxy) is 2. The van der Waals surface area contributed by atoms with Crippen molar-refractivity contribution >= 4 is 35.1 Å². The summed E-state index contributed by atoms with van der Waals surface area (Å²) in [5, 5.41) is 3.59. The number of carbonyl (C=O) groups excluding carboxylic acids is 3. The molecule has 0 aliphatic heterocycles.